The molecule has 1 saturated heterocycles. The second-order valence-electron chi connectivity index (χ2n) is 4.29. The molecular weight excluding hydrogens is 152 g/mol. The van der Waals surface area contributed by atoms with Crippen LogP contribution in [0.1, 0.15) is 40.0 Å². The number of epoxide rings is 1. The molecular formula is C10H18O2. The fourth-order valence-corrected chi connectivity index (χ4v) is 1.46. The molecule has 1 heterocycles. The topological polar surface area (TPSA) is 29.6 Å². The molecule has 0 aromatic heterocycles. The first-order chi connectivity index (χ1) is 5.56. The van der Waals surface area contributed by atoms with E-state index < -0.39 is 0 Å². The molecule has 1 fully saturated rings. The fraction of sp³-hybridized carbons (Fsp3) is 0.900. The van der Waals surface area contributed by atoms with E-state index in [1.807, 2.05) is 0 Å². The third-order valence-corrected chi connectivity index (χ3v) is 2.58. The Morgan fingerprint density at radius 2 is 2.17 bits per heavy atom. The summed E-state index contributed by atoms with van der Waals surface area (Å²) in [5.41, 5.74) is 0.112. The van der Waals surface area contributed by atoms with E-state index in [4.69, 9.17) is 4.74 Å². The van der Waals surface area contributed by atoms with E-state index in [0.717, 1.165) is 19.1 Å². The van der Waals surface area contributed by atoms with Crippen molar-refractivity contribution in [3.63, 3.8) is 0 Å². The van der Waals surface area contributed by atoms with Crippen molar-refractivity contribution in [1.29, 1.82) is 0 Å². The van der Waals surface area contributed by atoms with Gasteiger partial charge in [-0.15, -0.1) is 0 Å². The Labute approximate surface area is 74.3 Å². The van der Waals surface area contributed by atoms with Crippen LogP contribution in [0.15, 0.2) is 0 Å². The molecule has 0 aromatic rings. The van der Waals surface area contributed by atoms with Crippen LogP contribution in [0.25, 0.3) is 0 Å². The third kappa shape index (κ3) is 2.59. The molecule has 12 heavy (non-hydrogen) atoms. The fourth-order valence-electron chi connectivity index (χ4n) is 1.46. The summed E-state index contributed by atoms with van der Waals surface area (Å²) >= 11 is 0. The molecule has 0 amide bonds. The van der Waals surface area contributed by atoms with Gasteiger partial charge in [-0.05, 0) is 32.6 Å². The van der Waals surface area contributed by atoms with Crippen molar-refractivity contribution in [3.05, 3.63) is 0 Å². The summed E-state index contributed by atoms with van der Waals surface area (Å²) < 4.78 is 5.44. The zero-order valence-electron chi connectivity index (χ0n) is 8.17. The maximum absolute atomic E-state index is 10.2. The van der Waals surface area contributed by atoms with Crippen molar-refractivity contribution in [2.75, 3.05) is 0 Å². The number of carbonyl (C=O) groups excluding carboxylic acids is 1. The second-order valence-corrected chi connectivity index (χ2v) is 4.29. The summed E-state index contributed by atoms with van der Waals surface area (Å²) in [4.78, 5) is 10.2. The largest absolute Gasteiger partial charge is 0.367 e. The van der Waals surface area contributed by atoms with Gasteiger partial charge in [0.15, 0.2) is 0 Å². The van der Waals surface area contributed by atoms with Crippen molar-refractivity contribution in [2.45, 2.75) is 51.7 Å². The first-order valence-electron chi connectivity index (χ1n) is 4.67. The van der Waals surface area contributed by atoms with Crippen LogP contribution in [-0.4, -0.2) is 18.0 Å². The summed E-state index contributed by atoms with van der Waals surface area (Å²) in [6, 6.07) is 0. The van der Waals surface area contributed by atoms with Crippen LogP contribution < -0.4 is 0 Å². The van der Waals surface area contributed by atoms with Crippen LogP contribution in [0.2, 0.25) is 0 Å². The molecule has 70 valence electrons. The quantitative estimate of drug-likeness (QED) is 0.467. The maximum atomic E-state index is 10.2. The van der Waals surface area contributed by atoms with Crippen molar-refractivity contribution >= 4 is 6.29 Å². The lowest BCUT2D eigenvalue weighted by Crippen LogP contribution is -2.05. The molecule has 1 aliphatic heterocycles. The molecule has 0 radical (unpaired) electrons. The Balaban J connectivity index is 2.07. The van der Waals surface area contributed by atoms with E-state index in [0.29, 0.717) is 18.4 Å². The predicted molar refractivity (Wildman–Crippen MR) is 48.0 cm³/mol. The molecule has 0 N–H and O–H groups in total. The summed E-state index contributed by atoms with van der Waals surface area (Å²) in [6.07, 6.45) is 4.33. The highest BCUT2D eigenvalue weighted by atomic mass is 16.6. The van der Waals surface area contributed by atoms with Gasteiger partial charge in [0.1, 0.15) is 6.29 Å². The minimum Gasteiger partial charge on any atom is -0.367 e. The Hall–Kier alpha value is -0.370. The average Bonchev–Trinajstić information content (AvgIpc) is 2.56. The number of hydrogen-bond donors (Lipinski definition) is 0. The zero-order chi connectivity index (χ0) is 9.19. The third-order valence-electron chi connectivity index (χ3n) is 2.58. The Bertz CT molecular complexity index is 163. The summed E-state index contributed by atoms with van der Waals surface area (Å²) in [7, 11) is 0. The first kappa shape index (κ1) is 9.72. The molecule has 2 atom stereocenters. The smallest absolute Gasteiger partial charge is 0.120 e. The zero-order valence-corrected chi connectivity index (χ0v) is 8.17. The van der Waals surface area contributed by atoms with Crippen LogP contribution in [-0.2, 0) is 9.53 Å². The van der Waals surface area contributed by atoms with Gasteiger partial charge in [-0.1, -0.05) is 6.92 Å². The molecule has 1 aliphatic rings. The van der Waals surface area contributed by atoms with E-state index in [9.17, 15) is 4.79 Å². The SMILES string of the molecule is CC(CC=O)CCC1OC1(C)C. The van der Waals surface area contributed by atoms with E-state index in [-0.39, 0.29) is 5.60 Å². The van der Waals surface area contributed by atoms with Gasteiger partial charge in [-0.2, -0.15) is 0 Å². The number of aldehydes is 1. The summed E-state index contributed by atoms with van der Waals surface area (Å²) in [6.45, 7) is 6.34. The molecule has 1 rings (SSSR count). The average molecular weight is 170 g/mol. The summed E-state index contributed by atoms with van der Waals surface area (Å²) in [5.74, 6) is 0.516. The van der Waals surface area contributed by atoms with Crippen LogP contribution in [0.3, 0.4) is 0 Å². The highest BCUT2D eigenvalue weighted by Crippen LogP contribution is 2.39. The number of hydrogen-bond acceptors (Lipinski definition) is 2. The van der Waals surface area contributed by atoms with Crippen LogP contribution in [0.5, 0.6) is 0 Å². The van der Waals surface area contributed by atoms with Crippen molar-refractivity contribution < 1.29 is 9.53 Å². The molecule has 0 aliphatic carbocycles. The molecule has 0 saturated carbocycles. The highest BCUT2D eigenvalue weighted by molar-refractivity contribution is 5.49. The van der Waals surface area contributed by atoms with Gasteiger partial charge in [0.05, 0.1) is 11.7 Å². The minimum atomic E-state index is 0.112. The lowest BCUT2D eigenvalue weighted by molar-refractivity contribution is -0.108. The summed E-state index contributed by atoms with van der Waals surface area (Å²) in [5, 5.41) is 0. The number of ether oxygens (including phenoxy) is 1. The first-order valence-corrected chi connectivity index (χ1v) is 4.67. The van der Waals surface area contributed by atoms with Crippen molar-refractivity contribution in [1.82, 2.24) is 0 Å². The van der Waals surface area contributed by atoms with Crippen LogP contribution >= 0.6 is 0 Å². The van der Waals surface area contributed by atoms with Gasteiger partial charge in [0.2, 0.25) is 0 Å². The lowest BCUT2D eigenvalue weighted by atomic mass is 9.98. The van der Waals surface area contributed by atoms with Crippen molar-refractivity contribution in [3.8, 4) is 0 Å². The van der Waals surface area contributed by atoms with Gasteiger partial charge in [0, 0.05) is 6.42 Å². The van der Waals surface area contributed by atoms with E-state index in [1.54, 1.807) is 0 Å². The molecule has 2 nitrogen and oxygen atoms in total. The molecule has 0 bridgehead atoms. The lowest BCUT2D eigenvalue weighted by Gasteiger charge is -2.05. The standard InChI is InChI=1S/C10H18O2/c1-8(6-7-11)4-5-9-10(2,3)12-9/h7-9H,4-6H2,1-3H3. The van der Waals surface area contributed by atoms with Crippen LogP contribution in [0, 0.1) is 5.92 Å². The van der Waals surface area contributed by atoms with Gasteiger partial charge < -0.3 is 9.53 Å². The highest BCUT2D eigenvalue weighted by Gasteiger charge is 2.46. The van der Waals surface area contributed by atoms with E-state index in [1.165, 1.54) is 0 Å². The van der Waals surface area contributed by atoms with Gasteiger partial charge in [-0.25, -0.2) is 0 Å². The monoisotopic (exact) mass is 170 g/mol. The Morgan fingerprint density at radius 1 is 1.58 bits per heavy atom. The Morgan fingerprint density at radius 3 is 2.58 bits per heavy atom. The maximum Gasteiger partial charge on any atom is 0.120 e. The molecule has 0 spiro atoms. The van der Waals surface area contributed by atoms with Crippen LogP contribution in [0.4, 0.5) is 0 Å². The molecule has 2 unspecified atom stereocenters. The van der Waals surface area contributed by atoms with E-state index in [2.05, 4.69) is 20.8 Å². The number of rotatable bonds is 5. The van der Waals surface area contributed by atoms with Gasteiger partial charge >= 0.3 is 0 Å². The van der Waals surface area contributed by atoms with Crippen molar-refractivity contribution in [2.24, 2.45) is 5.92 Å². The number of carbonyl (C=O) groups is 1. The van der Waals surface area contributed by atoms with E-state index >= 15 is 0 Å². The minimum absolute atomic E-state index is 0.112. The molecule has 0 aromatic carbocycles. The Kier molecular flexibility index (Phi) is 2.89. The van der Waals surface area contributed by atoms with Gasteiger partial charge in [-0.3, -0.25) is 0 Å². The second kappa shape index (κ2) is 3.56. The molecule has 2 heteroatoms. The van der Waals surface area contributed by atoms with Gasteiger partial charge in [0.25, 0.3) is 0 Å². The normalized spacial score (nSPS) is 28.1. The predicted octanol–water partition coefficient (Wildman–Crippen LogP) is 2.17.